The van der Waals surface area contributed by atoms with E-state index in [1.165, 1.54) is 11.1 Å². The Morgan fingerprint density at radius 1 is 1.25 bits per heavy atom. The second-order valence-electron chi connectivity index (χ2n) is 9.12. The number of hydrogen-bond acceptors (Lipinski definition) is 3. The lowest BCUT2D eigenvalue weighted by atomic mass is 9.48. The van der Waals surface area contributed by atoms with Crippen LogP contribution in [0.2, 0.25) is 0 Å². The number of rotatable bonds is 6. The zero-order valence-electron chi connectivity index (χ0n) is 16.6. The van der Waals surface area contributed by atoms with E-state index in [0.717, 1.165) is 38.5 Å². The molecule has 0 radical (unpaired) electrons. The fourth-order valence-corrected chi connectivity index (χ4v) is 5.66. The molecule has 0 aliphatic heterocycles. The lowest BCUT2D eigenvalue weighted by molar-refractivity contribution is -0.117. The molecule has 2 aliphatic carbocycles. The van der Waals surface area contributed by atoms with Gasteiger partial charge in [0.05, 0.1) is 12.2 Å². The highest BCUT2D eigenvalue weighted by atomic mass is 16.5. The Morgan fingerprint density at radius 3 is 2.50 bits per heavy atom. The van der Waals surface area contributed by atoms with Gasteiger partial charge in [-0.3, -0.25) is 0 Å². The second-order valence-corrected chi connectivity index (χ2v) is 9.12. The molecule has 140 valence electrons. The van der Waals surface area contributed by atoms with Crippen LogP contribution in [-0.4, -0.2) is 36.1 Å². The van der Waals surface area contributed by atoms with Gasteiger partial charge in [-0.05, 0) is 73.7 Å². The Balaban J connectivity index is 2.30. The summed E-state index contributed by atoms with van der Waals surface area (Å²) >= 11 is 0. The number of hydrogen-bond donors (Lipinski definition) is 2. The van der Waals surface area contributed by atoms with Crippen LogP contribution in [0.5, 0.6) is 0 Å². The molecule has 1 saturated carbocycles. The van der Waals surface area contributed by atoms with Gasteiger partial charge in [0.25, 0.3) is 0 Å². The Bertz CT molecular complexity index is 468. The van der Waals surface area contributed by atoms with Crippen LogP contribution < -0.4 is 0 Å². The molecule has 0 bridgehead atoms. The van der Waals surface area contributed by atoms with Crippen LogP contribution >= 0.6 is 0 Å². The van der Waals surface area contributed by atoms with Crippen molar-refractivity contribution in [3.8, 4) is 0 Å². The van der Waals surface area contributed by atoms with E-state index in [4.69, 9.17) is 9.84 Å². The van der Waals surface area contributed by atoms with Gasteiger partial charge in [0.1, 0.15) is 0 Å². The van der Waals surface area contributed by atoms with Crippen LogP contribution in [0.3, 0.4) is 0 Å². The average Bonchev–Trinajstić information content (AvgIpc) is 2.50. The summed E-state index contributed by atoms with van der Waals surface area (Å²) in [5.74, 6) is 0.977. The number of aliphatic hydroxyl groups excluding tert-OH is 2. The van der Waals surface area contributed by atoms with Crippen molar-refractivity contribution in [2.75, 3.05) is 13.7 Å². The molecule has 24 heavy (non-hydrogen) atoms. The maximum atomic E-state index is 10.7. The highest BCUT2D eigenvalue weighted by Crippen LogP contribution is 2.60. The third-order valence-electron chi connectivity index (χ3n) is 7.34. The third-order valence-corrected chi connectivity index (χ3v) is 7.34. The third kappa shape index (κ3) is 3.45. The Morgan fingerprint density at radius 2 is 1.92 bits per heavy atom. The Kier molecular flexibility index (Phi) is 6.21. The zero-order chi connectivity index (χ0) is 18.1. The number of methoxy groups -OCH3 is 1. The number of allylic oxidation sites excluding steroid dienone is 1. The average molecular weight is 339 g/mol. The maximum absolute atomic E-state index is 10.7. The first kappa shape index (κ1) is 19.9. The highest BCUT2D eigenvalue weighted by Gasteiger charge is 2.55. The summed E-state index contributed by atoms with van der Waals surface area (Å²) in [6.45, 7) is 11.7. The van der Waals surface area contributed by atoms with E-state index in [1.807, 2.05) is 7.11 Å². The molecule has 5 atom stereocenters. The number of aliphatic hydroxyl groups is 2. The summed E-state index contributed by atoms with van der Waals surface area (Å²) in [4.78, 5) is 0. The van der Waals surface area contributed by atoms with E-state index < -0.39 is 0 Å². The van der Waals surface area contributed by atoms with Gasteiger partial charge < -0.3 is 14.9 Å². The van der Waals surface area contributed by atoms with Crippen LogP contribution in [0.25, 0.3) is 0 Å². The van der Waals surface area contributed by atoms with E-state index in [0.29, 0.717) is 11.8 Å². The zero-order valence-corrected chi connectivity index (χ0v) is 16.6. The molecule has 1 fully saturated rings. The van der Waals surface area contributed by atoms with Crippen molar-refractivity contribution >= 4 is 0 Å². The van der Waals surface area contributed by atoms with E-state index in [-0.39, 0.29) is 29.6 Å². The predicted octanol–water partition coefficient (Wildman–Crippen LogP) is 4.32. The van der Waals surface area contributed by atoms with Crippen LogP contribution in [0.15, 0.2) is 11.1 Å². The van der Waals surface area contributed by atoms with Crippen molar-refractivity contribution in [3.05, 3.63) is 11.1 Å². The molecule has 0 aromatic carbocycles. The monoisotopic (exact) mass is 338 g/mol. The van der Waals surface area contributed by atoms with E-state index in [9.17, 15) is 5.11 Å². The van der Waals surface area contributed by atoms with E-state index in [1.54, 1.807) is 0 Å². The molecule has 0 aromatic heterocycles. The molecular formula is C21H38O3. The second kappa shape index (κ2) is 7.47. The van der Waals surface area contributed by atoms with E-state index >= 15 is 0 Å². The molecular weight excluding hydrogens is 300 g/mol. The maximum Gasteiger partial charge on any atom is 0.0753 e. The number of ether oxygens (including phenoxy) is 1. The minimum atomic E-state index is -0.318. The molecule has 3 nitrogen and oxygen atoms in total. The van der Waals surface area contributed by atoms with Gasteiger partial charge in [-0.1, -0.05) is 33.3 Å². The van der Waals surface area contributed by atoms with Crippen LogP contribution in [0, 0.1) is 22.7 Å². The molecule has 2 N–H and O–H groups in total. The fourth-order valence-electron chi connectivity index (χ4n) is 5.66. The van der Waals surface area contributed by atoms with Gasteiger partial charge in [-0.25, -0.2) is 0 Å². The van der Waals surface area contributed by atoms with Gasteiger partial charge in [-0.15, -0.1) is 0 Å². The van der Waals surface area contributed by atoms with Gasteiger partial charge in [0.15, 0.2) is 0 Å². The molecule has 0 aromatic rings. The number of fused-ring (bicyclic) bond motifs is 1. The molecule has 3 heteroatoms. The van der Waals surface area contributed by atoms with Crippen LogP contribution in [-0.2, 0) is 4.74 Å². The van der Waals surface area contributed by atoms with Crippen molar-refractivity contribution in [2.45, 2.75) is 85.4 Å². The highest BCUT2D eigenvalue weighted by molar-refractivity contribution is 5.30. The van der Waals surface area contributed by atoms with Gasteiger partial charge in [0.2, 0.25) is 0 Å². The van der Waals surface area contributed by atoms with Crippen LogP contribution in [0.1, 0.15) is 73.1 Å². The minimum absolute atomic E-state index is 0.0748. The van der Waals surface area contributed by atoms with Crippen molar-refractivity contribution in [1.82, 2.24) is 0 Å². The largest absolute Gasteiger partial charge is 0.396 e. The molecule has 0 saturated heterocycles. The lowest BCUT2D eigenvalue weighted by Gasteiger charge is -2.58. The normalized spacial score (nSPS) is 37.2. The molecule has 2 rings (SSSR count). The lowest BCUT2D eigenvalue weighted by Crippen LogP contribution is -2.54. The fraction of sp³-hybridized carbons (Fsp3) is 0.905. The Labute approximate surface area is 148 Å². The van der Waals surface area contributed by atoms with Crippen molar-refractivity contribution < 1.29 is 14.9 Å². The first-order valence-electron chi connectivity index (χ1n) is 9.70. The molecule has 0 spiro atoms. The summed E-state index contributed by atoms with van der Waals surface area (Å²) in [6, 6.07) is 0. The summed E-state index contributed by atoms with van der Waals surface area (Å²) in [6.07, 6.45) is 6.05. The van der Waals surface area contributed by atoms with Crippen molar-refractivity contribution in [1.29, 1.82) is 0 Å². The summed E-state index contributed by atoms with van der Waals surface area (Å²) in [5, 5.41) is 19.9. The molecule has 0 unspecified atom stereocenters. The molecule has 0 amide bonds. The SMILES string of the molecule is CO[C@H]1CC[C@]2(C)C(CC[C@H](C)CCO)=C(C)[C@@H](O)C[C@H]2C1(C)C. The molecule has 2 aliphatic rings. The summed E-state index contributed by atoms with van der Waals surface area (Å²) < 4.78 is 5.80. The topological polar surface area (TPSA) is 49.7 Å². The molecule has 0 heterocycles. The van der Waals surface area contributed by atoms with Crippen molar-refractivity contribution in [3.63, 3.8) is 0 Å². The minimum Gasteiger partial charge on any atom is -0.396 e. The van der Waals surface area contributed by atoms with Gasteiger partial charge >= 0.3 is 0 Å². The van der Waals surface area contributed by atoms with Crippen molar-refractivity contribution in [2.24, 2.45) is 22.7 Å². The van der Waals surface area contributed by atoms with Gasteiger partial charge in [0, 0.05) is 13.7 Å². The van der Waals surface area contributed by atoms with Crippen LogP contribution in [0.4, 0.5) is 0 Å². The van der Waals surface area contributed by atoms with Gasteiger partial charge in [-0.2, -0.15) is 0 Å². The predicted molar refractivity (Wildman–Crippen MR) is 98.8 cm³/mol. The first-order chi connectivity index (χ1) is 11.2. The summed E-state index contributed by atoms with van der Waals surface area (Å²) in [7, 11) is 1.83. The first-order valence-corrected chi connectivity index (χ1v) is 9.70. The summed E-state index contributed by atoms with van der Waals surface area (Å²) in [5.41, 5.74) is 2.93. The standard InChI is InChI=1S/C21H38O3/c1-14(10-12-22)7-8-16-15(2)17(23)13-18-20(3,4)19(24-6)9-11-21(16,18)5/h14,17-19,22-23H,7-13H2,1-6H3/t14-,17-,18-,19-,21+/m0/s1. The quantitative estimate of drug-likeness (QED) is 0.709. The van der Waals surface area contributed by atoms with E-state index in [2.05, 4.69) is 34.6 Å². The smallest absolute Gasteiger partial charge is 0.0753 e. The Hall–Kier alpha value is -0.380.